The fourth-order valence-electron chi connectivity index (χ4n) is 1.48. The predicted octanol–water partition coefficient (Wildman–Crippen LogP) is 3.69. The molecule has 0 fully saturated rings. The van der Waals surface area contributed by atoms with Gasteiger partial charge in [-0.3, -0.25) is 0 Å². The monoisotopic (exact) mass is 298 g/mol. The molecule has 3 N–H and O–H groups in total. The molecule has 5 nitrogen and oxygen atoms in total. The number of ether oxygens (including phenoxy) is 1. The zero-order valence-electron chi connectivity index (χ0n) is 9.43. The summed E-state index contributed by atoms with van der Waals surface area (Å²) in [5, 5.41) is 9.01. The molecule has 0 radical (unpaired) electrons. The van der Waals surface area contributed by atoms with Crippen LogP contribution in [0.25, 0.3) is 11.3 Å². The van der Waals surface area contributed by atoms with E-state index in [1.54, 1.807) is 24.3 Å². The van der Waals surface area contributed by atoms with Crippen molar-refractivity contribution in [1.82, 2.24) is 4.98 Å². The maximum absolute atomic E-state index is 10.6. The molecule has 1 heterocycles. The van der Waals surface area contributed by atoms with Gasteiger partial charge >= 0.3 is 6.16 Å². The number of halogens is 2. The quantitative estimate of drug-likeness (QED) is 0.826. The van der Waals surface area contributed by atoms with Crippen molar-refractivity contribution in [2.45, 2.75) is 0 Å². The minimum Gasteiger partial charge on any atom is -0.449 e. The molecule has 0 bridgehead atoms. The predicted molar refractivity (Wildman–Crippen MR) is 72.8 cm³/mol. The van der Waals surface area contributed by atoms with E-state index in [-0.39, 0.29) is 16.6 Å². The lowest BCUT2D eigenvalue weighted by atomic mass is 10.1. The summed E-state index contributed by atoms with van der Waals surface area (Å²) in [5.74, 6) is -0.274. The van der Waals surface area contributed by atoms with Gasteiger partial charge in [-0.15, -0.1) is 0 Å². The Labute approximate surface area is 118 Å². The maximum atomic E-state index is 10.6. The third kappa shape index (κ3) is 2.89. The first-order valence-corrected chi connectivity index (χ1v) is 5.86. The number of hydrogen-bond acceptors (Lipinski definition) is 4. The summed E-state index contributed by atoms with van der Waals surface area (Å²) in [7, 11) is 0. The van der Waals surface area contributed by atoms with Crippen molar-refractivity contribution in [2.75, 3.05) is 5.73 Å². The second kappa shape index (κ2) is 5.34. The third-order valence-corrected chi connectivity index (χ3v) is 3.00. The van der Waals surface area contributed by atoms with Gasteiger partial charge in [-0.1, -0.05) is 41.4 Å². The number of nitrogens with two attached hydrogens (primary N) is 1. The smallest absolute Gasteiger partial charge is 0.449 e. The van der Waals surface area contributed by atoms with Crippen molar-refractivity contribution in [3.05, 3.63) is 40.4 Å². The summed E-state index contributed by atoms with van der Waals surface area (Å²) < 4.78 is 4.48. The number of rotatable bonds is 2. The highest BCUT2D eigenvalue weighted by Gasteiger charge is 2.15. The molecule has 1 aromatic heterocycles. The summed E-state index contributed by atoms with van der Waals surface area (Å²) in [4.78, 5) is 14.6. The van der Waals surface area contributed by atoms with Gasteiger partial charge in [0, 0.05) is 10.6 Å². The zero-order valence-corrected chi connectivity index (χ0v) is 10.9. The summed E-state index contributed by atoms with van der Waals surface area (Å²) in [6, 6.07) is 8.44. The van der Waals surface area contributed by atoms with E-state index in [1.165, 1.54) is 6.07 Å². The molecule has 0 unspecified atom stereocenters. The molecule has 98 valence electrons. The van der Waals surface area contributed by atoms with Crippen LogP contribution in [-0.4, -0.2) is 16.2 Å². The topological polar surface area (TPSA) is 85.4 Å². The Morgan fingerprint density at radius 2 is 2.00 bits per heavy atom. The van der Waals surface area contributed by atoms with Crippen LogP contribution < -0.4 is 10.5 Å². The van der Waals surface area contributed by atoms with Crippen LogP contribution in [0.1, 0.15) is 0 Å². The Bertz CT molecular complexity index is 647. The lowest BCUT2D eigenvalue weighted by Gasteiger charge is -2.09. The number of benzene rings is 1. The highest BCUT2D eigenvalue weighted by atomic mass is 35.5. The average Bonchev–Trinajstić information content (AvgIpc) is 2.35. The van der Waals surface area contributed by atoms with Gasteiger partial charge in [-0.25, -0.2) is 9.78 Å². The van der Waals surface area contributed by atoms with E-state index in [2.05, 4.69) is 9.72 Å². The van der Waals surface area contributed by atoms with Gasteiger partial charge in [0.25, 0.3) is 0 Å². The standard InChI is InChI=1S/C12H8Cl2N2O3/c13-7-4-2-1-3-6(7)9-5-8(15)10(14)11(16-9)19-12(17)18/h1-5H,(H2,15,16)(H,17,18). The number of aromatic nitrogens is 1. The molecule has 0 atom stereocenters. The van der Waals surface area contributed by atoms with E-state index < -0.39 is 6.16 Å². The Balaban J connectivity index is 2.57. The minimum absolute atomic E-state index is 0.0572. The first-order valence-electron chi connectivity index (χ1n) is 5.10. The van der Waals surface area contributed by atoms with Gasteiger partial charge in [0.15, 0.2) is 0 Å². The number of nitrogen functional groups attached to an aromatic ring is 1. The summed E-state index contributed by atoms with van der Waals surface area (Å²) >= 11 is 11.9. The SMILES string of the molecule is Nc1cc(-c2ccccc2Cl)nc(OC(=O)O)c1Cl. The average molecular weight is 299 g/mol. The molecule has 1 aromatic carbocycles. The summed E-state index contributed by atoms with van der Waals surface area (Å²) in [5.41, 5.74) is 6.83. The van der Waals surface area contributed by atoms with E-state index in [0.717, 1.165) is 0 Å². The fourth-order valence-corrected chi connectivity index (χ4v) is 1.85. The Morgan fingerprint density at radius 1 is 1.32 bits per heavy atom. The van der Waals surface area contributed by atoms with Crippen LogP contribution in [0.3, 0.4) is 0 Å². The summed E-state index contributed by atoms with van der Waals surface area (Å²) in [6.45, 7) is 0. The highest BCUT2D eigenvalue weighted by molar-refractivity contribution is 6.35. The van der Waals surface area contributed by atoms with Crippen LogP contribution in [-0.2, 0) is 0 Å². The first-order chi connectivity index (χ1) is 8.99. The number of pyridine rings is 1. The van der Waals surface area contributed by atoms with Crippen LogP contribution in [0.4, 0.5) is 10.5 Å². The van der Waals surface area contributed by atoms with Crippen molar-refractivity contribution in [3.8, 4) is 17.1 Å². The van der Waals surface area contributed by atoms with Gasteiger partial charge in [0.2, 0.25) is 5.88 Å². The van der Waals surface area contributed by atoms with E-state index in [9.17, 15) is 4.79 Å². The molecule has 2 rings (SSSR count). The Morgan fingerprint density at radius 3 is 2.63 bits per heavy atom. The molecule has 7 heteroatoms. The van der Waals surface area contributed by atoms with Crippen LogP contribution in [0.15, 0.2) is 30.3 Å². The van der Waals surface area contributed by atoms with Crippen LogP contribution in [0.5, 0.6) is 5.88 Å². The largest absolute Gasteiger partial charge is 0.512 e. The van der Waals surface area contributed by atoms with Crippen molar-refractivity contribution >= 4 is 35.0 Å². The Hall–Kier alpha value is -1.98. The lowest BCUT2D eigenvalue weighted by Crippen LogP contribution is -2.06. The molecule has 0 saturated carbocycles. The second-order valence-electron chi connectivity index (χ2n) is 3.56. The van der Waals surface area contributed by atoms with Crippen molar-refractivity contribution in [2.24, 2.45) is 0 Å². The fraction of sp³-hybridized carbons (Fsp3) is 0. The van der Waals surface area contributed by atoms with Crippen molar-refractivity contribution < 1.29 is 14.6 Å². The third-order valence-electron chi connectivity index (χ3n) is 2.29. The van der Waals surface area contributed by atoms with E-state index in [4.69, 9.17) is 34.0 Å². The van der Waals surface area contributed by atoms with Crippen LogP contribution in [0, 0.1) is 0 Å². The molecule has 0 saturated heterocycles. The van der Waals surface area contributed by atoms with E-state index in [1.807, 2.05) is 0 Å². The number of hydrogen-bond donors (Lipinski definition) is 2. The van der Waals surface area contributed by atoms with Gasteiger partial charge in [-0.2, -0.15) is 0 Å². The minimum atomic E-state index is -1.52. The molecule has 0 amide bonds. The maximum Gasteiger partial charge on any atom is 0.512 e. The lowest BCUT2D eigenvalue weighted by molar-refractivity contribution is 0.142. The molecule has 0 aliphatic carbocycles. The van der Waals surface area contributed by atoms with Gasteiger partial charge in [0.1, 0.15) is 5.02 Å². The zero-order chi connectivity index (χ0) is 14.0. The number of nitrogens with zero attached hydrogens (tertiary/aromatic N) is 1. The molecule has 0 spiro atoms. The van der Waals surface area contributed by atoms with Crippen LogP contribution >= 0.6 is 23.2 Å². The molecular weight excluding hydrogens is 291 g/mol. The molecule has 0 aliphatic rings. The van der Waals surface area contributed by atoms with Gasteiger partial charge in [0.05, 0.1) is 11.4 Å². The van der Waals surface area contributed by atoms with Crippen LogP contribution in [0.2, 0.25) is 10.0 Å². The Kier molecular flexibility index (Phi) is 3.78. The number of anilines is 1. The van der Waals surface area contributed by atoms with Crippen molar-refractivity contribution in [3.63, 3.8) is 0 Å². The molecule has 2 aromatic rings. The van der Waals surface area contributed by atoms with E-state index >= 15 is 0 Å². The normalized spacial score (nSPS) is 10.2. The molecule has 19 heavy (non-hydrogen) atoms. The number of carbonyl (C=O) groups is 1. The summed E-state index contributed by atoms with van der Waals surface area (Å²) in [6.07, 6.45) is -1.52. The second-order valence-corrected chi connectivity index (χ2v) is 4.35. The first kappa shape index (κ1) is 13.5. The van der Waals surface area contributed by atoms with E-state index in [0.29, 0.717) is 16.3 Å². The van der Waals surface area contributed by atoms with Crippen molar-refractivity contribution in [1.29, 1.82) is 0 Å². The molecule has 0 aliphatic heterocycles. The molecular formula is C12H8Cl2N2O3. The number of carboxylic acid groups (broad SMARTS) is 1. The van der Waals surface area contributed by atoms with Gasteiger partial charge < -0.3 is 15.6 Å². The highest BCUT2D eigenvalue weighted by Crippen LogP contribution is 2.35. The van der Waals surface area contributed by atoms with Gasteiger partial charge in [-0.05, 0) is 12.1 Å².